The molecular weight excluding hydrogens is 370 g/mol. The second-order valence-corrected chi connectivity index (χ2v) is 6.73. The van der Waals surface area contributed by atoms with Gasteiger partial charge in [0.25, 0.3) is 11.1 Å². The van der Waals surface area contributed by atoms with Gasteiger partial charge in [0, 0.05) is 18.1 Å². The molecule has 0 aliphatic rings. The number of carbonyl (C=O) groups excluding carboxylic acids is 1. The fourth-order valence-electron chi connectivity index (χ4n) is 3.22. The smallest absolute Gasteiger partial charge is 0.273 e. The third-order valence-electron chi connectivity index (χ3n) is 4.76. The van der Waals surface area contributed by atoms with E-state index < -0.39 is 11.1 Å². The molecule has 29 heavy (non-hydrogen) atoms. The van der Waals surface area contributed by atoms with Gasteiger partial charge in [-0.15, -0.1) is 0 Å². The zero-order chi connectivity index (χ0) is 20.4. The number of nitrogens with one attached hydrogen (secondary N) is 2. The van der Waals surface area contributed by atoms with Crippen LogP contribution < -0.4 is 16.4 Å². The summed E-state index contributed by atoms with van der Waals surface area (Å²) in [5, 5.41) is 5.91. The van der Waals surface area contributed by atoms with Crippen LogP contribution in [0.25, 0.3) is 16.5 Å². The molecule has 0 saturated heterocycles. The Balaban J connectivity index is 1.48. The first-order valence-electron chi connectivity index (χ1n) is 9.12. The van der Waals surface area contributed by atoms with Crippen LogP contribution in [-0.2, 0) is 11.3 Å². The Bertz CT molecular complexity index is 1270. The summed E-state index contributed by atoms with van der Waals surface area (Å²) >= 11 is 0. The highest BCUT2D eigenvalue weighted by Gasteiger charge is 2.13. The van der Waals surface area contributed by atoms with Gasteiger partial charge in [0.05, 0.1) is 23.1 Å². The monoisotopic (exact) mass is 389 g/mol. The summed E-state index contributed by atoms with van der Waals surface area (Å²) in [6, 6.07) is 14.0. The fourth-order valence-corrected chi connectivity index (χ4v) is 3.22. The topological polar surface area (TPSA) is 102 Å². The van der Waals surface area contributed by atoms with Crippen molar-refractivity contribution < 1.29 is 4.79 Å². The quantitative estimate of drug-likeness (QED) is 0.543. The Kier molecular flexibility index (Phi) is 4.82. The van der Waals surface area contributed by atoms with E-state index in [0.717, 1.165) is 15.9 Å². The second-order valence-electron chi connectivity index (χ2n) is 6.73. The molecule has 4 rings (SSSR count). The van der Waals surface area contributed by atoms with Gasteiger partial charge in [-0.1, -0.05) is 24.3 Å². The van der Waals surface area contributed by atoms with Gasteiger partial charge < -0.3 is 9.88 Å². The Morgan fingerprint density at radius 3 is 2.52 bits per heavy atom. The second kappa shape index (κ2) is 7.59. The van der Waals surface area contributed by atoms with E-state index in [1.807, 2.05) is 42.0 Å². The van der Waals surface area contributed by atoms with Crippen molar-refractivity contribution >= 4 is 16.7 Å². The zero-order valence-corrected chi connectivity index (χ0v) is 15.7. The summed E-state index contributed by atoms with van der Waals surface area (Å²) in [6.07, 6.45) is 5.26. The first kappa shape index (κ1) is 18.4. The molecule has 8 nitrogen and oxygen atoms in total. The molecule has 2 aromatic heterocycles. The standard InChI is InChI=1S/C21H19N5O3/c1-14(15-6-8-16(9-7-15)25-11-10-22-13-25)23-19(27)12-26-21(29)18-5-3-2-4-17(18)20(28)24-26/h2-11,13-14H,12H2,1H3,(H,23,27)(H,24,28)/t14-/m0/s1. The van der Waals surface area contributed by atoms with Crippen LogP contribution in [0.3, 0.4) is 0 Å². The van der Waals surface area contributed by atoms with Gasteiger partial charge in [0.2, 0.25) is 5.91 Å². The number of amides is 1. The van der Waals surface area contributed by atoms with Crippen molar-refractivity contribution in [1.29, 1.82) is 0 Å². The van der Waals surface area contributed by atoms with Crippen molar-refractivity contribution in [2.24, 2.45) is 0 Å². The van der Waals surface area contributed by atoms with Crippen molar-refractivity contribution in [3.8, 4) is 5.69 Å². The minimum absolute atomic E-state index is 0.262. The molecule has 0 spiro atoms. The minimum Gasteiger partial charge on any atom is -0.348 e. The molecule has 2 heterocycles. The first-order chi connectivity index (χ1) is 14.0. The number of benzene rings is 2. The summed E-state index contributed by atoms with van der Waals surface area (Å²) in [6.45, 7) is 1.59. The van der Waals surface area contributed by atoms with Gasteiger partial charge in [0.15, 0.2) is 0 Å². The lowest BCUT2D eigenvalue weighted by molar-refractivity contribution is -0.122. The number of hydrogen-bond acceptors (Lipinski definition) is 4. The molecular formula is C21H19N5O3. The SMILES string of the molecule is C[C@H](NC(=O)Cn1[nH]c(=O)c2ccccc2c1=O)c1ccc(-n2ccnc2)cc1. The van der Waals surface area contributed by atoms with E-state index in [-0.39, 0.29) is 23.9 Å². The summed E-state index contributed by atoms with van der Waals surface area (Å²) in [4.78, 5) is 41.1. The van der Waals surface area contributed by atoms with Crippen LogP contribution in [0.5, 0.6) is 0 Å². The van der Waals surface area contributed by atoms with Crippen molar-refractivity contribution in [3.05, 3.63) is 93.5 Å². The van der Waals surface area contributed by atoms with Gasteiger partial charge in [-0.25, -0.2) is 9.67 Å². The Morgan fingerprint density at radius 1 is 1.10 bits per heavy atom. The lowest BCUT2D eigenvalue weighted by Gasteiger charge is -2.15. The van der Waals surface area contributed by atoms with Crippen LogP contribution in [-0.4, -0.2) is 25.2 Å². The molecule has 0 aliphatic heterocycles. The van der Waals surface area contributed by atoms with E-state index in [2.05, 4.69) is 15.4 Å². The molecule has 146 valence electrons. The van der Waals surface area contributed by atoms with E-state index in [4.69, 9.17) is 0 Å². The molecule has 8 heteroatoms. The molecule has 1 amide bonds. The molecule has 0 radical (unpaired) electrons. The lowest BCUT2D eigenvalue weighted by Crippen LogP contribution is -2.37. The summed E-state index contributed by atoms with van der Waals surface area (Å²) in [5.41, 5.74) is 1.07. The molecule has 2 N–H and O–H groups in total. The number of nitrogens with zero attached hydrogens (tertiary/aromatic N) is 3. The number of fused-ring (bicyclic) bond motifs is 1. The fraction of sp³-hybridized carbons (Fsp3) is 0.143. The number of rotatable bonds is 5. The Hall–Kier alpha value is -3.94. The van der Waals surface area contributed by atoms with Crippen LogP contribution >= 0.6 is 0 Å². The summed E-state index contributed by atoms with van der Waals surface area (Å²) in [5.74, 6) is -0.371. The first-order valence-corrected chi connectivity index (χ1v) is 9.12. The maximum atomic E-state index is 12.5. The number of aromatic nitrogens is 4. The van der Waals surface area contributed by atoms with Crippen LogP contribution in [0.4, 0.5) is 0 Å². The summed E-state index contributed by atoms with van der Waals surface area (Å²) in [7, 11) is 0. The molecule has 1 atom stereocenters. The van der Waals surface area contributed by atoms with Crippen LogP contribution in [0.2, 0.25) is 0 Å². The van der Waals surface area contributed by atoms with Crippen LogP contribution in [0, 0.1) is 0 Å². The highest BCUT2D eigenvalue weighted by molar-refractivity contribution is 5.81. The molecule has 0 unspecified atom stereocenters. The number of aromatic amines is 1. The minimum atomic E-state index is -0.410. The highest BCUT2D eigenvalue weighted by Crippen LogP contribution is 2.15. The van der Waals surface area contributed by atoms with Crippen LogP contribution in [0.1, 0.15) is 18.5 Å². The molecule has 0 aliphatic carbocycles. The van der Waals surface area contributed by atoms with E-state index in [9.17, 15) is 14.4 Å². The average molecular weight is 389 g/mol. The van der Waals surface area contributed by atoms with Gasteiger partial charge in [0.1, 0.15) is 6.54 Å². The van der Waals surface area contributed by atoms with Crippen molar-refractivity contribution in [1.82, 2.24) is 24.6 Å². The van der Waals surface area contributed by atoms with E-state index in [0.29, 0.717) is 5.39 Å². The molecule has 4 aromatic rings. The van der Waals surface area contributed by atoms with E-state index in [1.165, 1.54) is 0 Å². The Morgan fingerprint density at radius 2 is 1.83 bits per heavy atom. The number of hydrogen-bond donors (Lipinski definition) is 2. The zero-order valence-electron chi connectivity index (χ0n) is 15.7. The molecule has 2 aromatic carbocycles. The summed E-state index contributed by atoms with van der Waals surface area (Å²) < 4.78 is 2.92. The van der Waals surface area contributed by atoms with Gasteiger partial charge >= 0.3 is 0 Å². The Labute approximate surface area is 165 Å². The predicted octanol–water partition coefficient (Wildman–Crippen LogP) is 1.75. The van der Waals surface area contributed by atoms with Crippen molar-refractivity contribution in [2.75, 3.05) is 0 Å². The van der Waals surface area contributed by atoms with E-state index in [1.54, 1.807) is 36.8 Å². The van der Waals surface area contributed by atoms with Crippen LogP contribution in [0.15, 0.2) is 76.8 Å². The van der Waals surface area contributed by atoms with E-state index >= 15 is 0 Å². The molecule has 0 saturated carbocycles. The third kappa shape index (κ3) is 3.73. The normalized spacial score (nSPS) is 12.0. The number of imidazole rings is 1. The number of H-pyrrole nitrogens is 1. The predicted molar refractivity (Wildman–Crippen MR) is 109 cm³/mol. The van der Waals surface area contributed by atoms with Gasteiger partial charge in [-0.2, -0.15) is 0 Å². The lowest BCUT2D eigenvalue weighted by atomic mass is 10.1. The van der Waals surface area contributed by atoms with Crippen molar-refractivity contribution in [3.63, 3.8) is 0 Å². The molecule has 0 bridgehead atoms. The van der Waals surface area contributed by atoms with Crippen molar-refractivity contribution in [2.45, 2.75) is 19.5 Å². The maximum absolute atomic E-state index is 12.5. The number of carbonyl (C=O) groups is 1. The van der Waals surface area contributed by atoms with Gasteiger partial charge in [-0.05, 0) is 36.8 Å². The average Bonchev–Trinajstić information content (AvgIpc) is 3.27. The van der Waals surface area contributed by atoms with Gasteiger partial charge in [-0.3, -0.25) is 19.5 Å². The highest BCUT2D eigenvalue weighted by atomic mass is 16.2. The maximum Gasteiger partial charge on any atom is 0.273 e. The largest absolute Gasteiger partial charge is 0.348 e. The molecule has 0 fully saturated rings. The third-order valence-corrected chi connectivity index (χ3v) is 4.76.